The molecule has 0 aliphatic heterocycles. The summed E-state index contributed by atoms with van der Waals surface area (Å²) in [4.78, 5) is 4.34. The first-order valence-electron chi connectivity index (χ1n) is 6.94. The number of nitrogens with zero attached hydrogens (tertiary/aromatic N) is 1. The third-order valence-corrected chi connectivity index (χ3v) is 4.09. The zero-order chi connectivity index (χ0) is 13.3. The molecule has 1 aromatic carbocycles. The van der Waals surface area contributed by atoms with Crippen molar-refractivity contribution in [3.63, 3.8) is 0 Å². The molecule has 1 N–H and O–H groups in total. The topological polar surface area (TPSA) is 33.1 Å². The van der Waals surface area contributed by atoms with Crippen molar-refractivity contribution in [2.75, 3.05) is 0 Å². The van der Waals surface area contributed by atoms with Gasteiger partial charge in [0, 0.05) is 17.5 Å². The molecular weight excluding hydrogens is 234 g/mol. The first-order valence-corrected chi connectivity index (χ1v) is 6.94. The predicted octanol–water partition coefficient (Wildman–Crippen LogP) is 3.35. The minimum absolute atomic E-state index is 0.773. The molecule has 1 heterocycles. The summed E-state index contributed by atoms with van der Waals surface area (Å²) in [7, 11) is 0. The van der Waals surface area contributed by atoms with Gasteiger partial charge < -0.3 is 5.11 Å². The maximum atomic E-state index is 11.2. The maximum absolute atomic E-state index is 11.2. The van der Waals surface area contributed by atoms with Gasteiger partial charge in [0.1, 0.15) is 5.60 Å². The molecule has 98 valence electrons. The van der Waals surface area contributed by atoms with Crippen LogP contribution in [-0.4, -0.2) is 10.1 Å². The van der Waals surface area contributed by atoms with Crippen LogP contribution in [0.25, 0.3) is 0 Å². The van der Waals surface area contributed by atoms with Crippen LogP contribution in [0.5, 0.6) is 0 Å². The molecule has 2 aromatic rings. The van der Waals surface area contributed by atoms with Crippen LogP contribution in [0.1, 0.15) is 41.6 Å². The summed E-state index contributed by atoms with van der Waals surface area (Å²) < 4.78 is 0. The summed E-state index contributed by atoms with van der Waals surface area (Å²) in [6, 6.07) is 12.2. The molecular formula is C17H19NO. The Labute approximate surface area is 114 Å². The van der Waals surface area contributed by atoms with Crippen LogP contribution in [0.2, 0.25) is 0 Å². The summed E-state index contributed by atoms with van der Waals surface area (Å²) in [6.07, 6.45) is 5.82. The Bertz CT molecular complexity index is 576. The number of aliphatic hydroxyl groups is 1. The van der Waals surface area contributed by atoms with Crippen molar-refractivity contribution >= 4 is 0 Å². The maximum Gasteiger partial charge on any atom is 0.116 e. The number of hydrogen-bond donors (Lipinski definition) is 1. The van der Waals surface area contributed by atoms with Crippen LogP contribution in [0.3, 0.4) is 0 Å². The Morgan fingerprint density at radius 1 is 1.11 bits per heavy atom. The lowest BCUT2D eigenvalue weighted by Gasteiger charge is -2.29. The van der Waals surface area contributed by atoms with E-state index in [0.717, 1.165) is 42.5 Å². The van der Waals surface area contributed by atoms with Crippen LogP contribution in [-0.2, 0) is 12.0 Å². The van der Waals surface area contributed by atoms with Crippen molar-refractivity contribution in [2.45, 2.75) is 38.2 Å². The van der Waals surface area contributed by atoms with E-state index in [1.165, 1.54) is 5.56 Å². The second-order valence-electron chi connectivity index (χ2n) is 5.41. The average molecular weight is 253 g/mol. The van der Waals surface area contributed by atoms with Crippen LogP contribution in [0.4, 0.5) is 0 Å². The van der Waals surface area contributed by atoms with Gasteiger partial charge in [-0.3, -0.25) is 4.98 Å². The van der Waals surface area contributed by atoms with Gasteiger partial charge in [-0.1, -0.05) is 30.3 Å². The molecule has 1 aromatic heterocycles. The smallest absolute Gasteiger partial charge is 0.116 e. The normalized spacial score (nSPS) is 22.6. The Morgan fingerprint density at radius 3 is 2.74 bits per heavy atom. The molecule has 0 spiro atoms. The van der Waals surface area contributed by atoms with E-state index in [1.54, 1.807) is 0 Å². The average Bonchev–Trinajstić information content (AvgIpc) is 2.61. The standard InChI is InChI=1S/C17H19NO/c1-13-9-10-15(12-18-13)17(19)11-5-4-7-14-6-2-3-8-16(14)17/h2-3,6,8-10,12,19H,4-5,7,11H2,1H3. The zero-order valence-electron chi connectivity index (χ0n) is 11.3. The molecule has 1 unspecified atom stereocenters. The number of benzene rings is 1. The van der Waals surface area contributed by atoms with Crippen LogP contribution >= 0.6 is 0 Å². The third kappa shape index (κ3) is 2.17. The molecule has 19 heavy (non-hydrogen) atoms. The lowest BCUT2D eigenvalue weighted by molar-refractivity contribution is 0.0701. The molecule has 0 radical (unpaired) electrons. The van der Waals surface area contributed by atoms with Gasteiger partial charge in [-0.05, 0) is 49.8 Å². The largest absolute Gasteiger partial charge is 0.380 e. The molecule has 1 aliphatic rings. The molecule has 2 heteroatoms. The highest BCUT2D eigenvalue weighted by atomic mass is 16.3. The Morgan fingerprint density at radius 2 is 1.95 bits per heavy atom. The minimum atomic E-state index is -0.881. The molecule has 0 saturated carbocycles. The summed E-state index contributed by atoms with van der Waals surface area (Å²) >= 11 is 0. The molecule has 1 aliphatic carbocycles. The molecule has 0 bridgehead atoms. The molecule has 0 saturated heterocycles. The number of rotatable bonds is 1. The fourth-order valence-corrected chi connectivity index (χ4v) is 2.99. The SMILES string of the molecule is Cc1ccc(C2(O)CCCCc3ccccc32)cn1. The number of hydrogen-bond acceptors (Lipinski definition) is 2. The van der Waals surface area contributed by atoms with Crippen LogP contribution in [0.15, 0.2) is 42.6 Å². The summed E-state index contributed by atoms with van der Waals surface area (Å²) in [5.74, 6) is 0. The Kier molecular flexibility index (Phi) is 3.11. The fraction of sp³-hybridized carbons (Fsp3) is 0.353. The second kappa shape index (κ2) is 4.78. The third-order valence-electron chi connectivity index (χ3n) is 4.09. The van der Waals surface area contributed by atoms with Crippen molar-refractivity contribution in [3.05, 3.63) is 65.0 Å². The van der Waals surface area contributed by atoms with Gasteiger partial charge in [0.25, 0.3) is 0 Å². The van der Waals surface area contributed by atoms with Crippen molar-refractivity contribution in [1.82, 2.24) is 4.98 Å². The highest BCUT2D eigenvalue weighted by Gasteiger charge is 2.34. The highest BCUT2D eigenvalue weighted by Crippen LogP contribution is 2.39. The highest BCUT2D eigenvalue weighted by molar-refractivity contribution is 5.41. The molecule has 1 atom stereocenters. The molecule has 3 rings (SSSR count). The molecule has 2 nitrogen and oxygen atoms in total. The molecule has 0 amide bonds. The van der Waals surface area contributed by atoms with Gasteiger partial charge in [-0.15, -0.1) is 0 Å². The van der Waals surface area contributed by atoms with Gasteiger partial charge in [0.05, 0.1) is 0 Å². The molecule has 0 fully saturated rings. The van der Waals surface area contributed by atoms with Crippen LogP contribution in [0, 0.1) is 6.92 Å². The van der Waals surface area contributed by atoms with E-state index in [-0.39, 0.29) is 0 Å². The van der Waals surface area contributed by atoms with E-state index in [2.05, 4.69) is 23.2 Å². The second-order valence-corrected chi connectivity index (χ2v) is 5.41. The van der Waals surface area contributed by atoms with Crippen molar-refractivity contribution in [1.29, 1.82) is 0 Å². The van der Waals surface area contributed by atoms with Crippen molar-refractivity contribution < 1.29 is 5.11 Å². The van der Waals surface area contributed by atoms with Gasteiger partial charge >= 0.3 is 0 Å². The summed E-state index contributed by atoms with van der Waals surface area (Å²) in [5, 5.41) is 11.2. The monoisotopic (exact) mass is 253 g/mol. The first-order chi connectivity index (χ1) is 9.20. The van der Waals surface area contributed by atoms with Gasteiger partial charge in [-0.25, -0.2) is 0 Å². The Hall–Kier alpha value is -1.67. The van der Waals surface area contributed by atoms with E-state index >= 15 is 0 Å². The van der Waals surface area contributed by atoms with Gasteiger partial charge in [0.2, 0.25) is 0 Å². The fourth-order valence-electron chi connectivity index (χ4n) is 2.99. The Balaban J connectivity index is 2.14. The van der Waals surface area contributed by atoms with E-state index in [0.29, 0.717) is 0 Å². The summed E-state index contributed by atoms with van der Waals surface area (Å²) in [5.41, 5.74) is 3.33. The van der Waals surface area contributed by atoms with E-state index in [4.69, 9.17) is 0 Å². The van der Waals surface area contributed by atoms with Gasteiger partial charge in [-0.2, -0.15) is 0 Å². The summed E-state index contributed by atoms with van der Waals surface area (Å²) in [6.45, 7) is 1.97. The minimum Gasteiger partial charge on any atom is -0.380 e. The first kappa shape index (κ1) is 12.4. The van der Waals surface area contributed by atoms with Crippen LogP contribution < -0.4 is 0 Å². The number of fused-ring (bicyclic) bond motifs is 1. The lowest BCUT2D eigenvalue weighted by Crippen LogP contribution is -2.27. The quantitative estimate of drug-likeness (QED) is 0.791. The van der Waals surface area contributed by atoms with Crippen molar-refractivity contribution in [3.8, 4) is 0 Å². The predicted molar refractivity (Wildman–Crippen MR) is 76.0 cm³/mol. The number of aromatic nitrogens is 1. The number of pyridine rings is 1. The van der Waals surface area contributed by atoms with Crippen molar-refractivity contribution in [2.24, 2.45) is 0 Å². The van der Waals surface area contributed by atoms with E-state index in [1.807, 2.05) is 31.3 Å². The lowest BCUT2D eigenvalue weighted by atomic mass is 9.82. The van der Waals surface area contributed by atoms with E-state index in [9.17, 15) is 5.11 Å². The van der Waals surface area contributed by atoms with E-state index < -0.39 is 5.60 Å². The van der Waals surface area contributed by atoms with Gasteiger partial charge in [0.15, 0.2) is 0 Å². The number of aryl methyl sites for hydroxylation is 2. The zero-order valence-corrected chi connectivity index (χ0v) is 11.3.